The van der Waals surface area contributed by atoms with Crippen LogP contribution in [0.5, 0.6) is 0 Å². The van der Waals surface area contributed by atoms with Gasteiger partial charge in [-0.05, 0) is 32.0 Å². The standard InChI is InChI=1S/C15H17N7O/c1-3-22-13-5-4-11(8-12(13)17-19-22)15(23)20-6-7-21-10(2)16-18-14(21)9-20/h4-5,8H,3,6-7,9H2,1-2H3. The number of fused-ring (bicyclic) bond motifs is 2. The highest BCUT2D eigenvalue weighted by molar-refractivity contribution is 5.97. The lowest BCUT2D eigenvalue weighted by Crippen LogP contribution is -2.38. The van der Waals surface area contributed by atoms with Gasteiger partial charge in [0.15, 0.2) is 5.82 Å². The summed E-state index contributed by atoms with van der Waals surface area (Å²) >= 11 is 0. The summed E-state index contributed by atoms with van der Waals surface area (Å²) in [6, 6.07) is 5.55. The van der Waals surface area contributed by atoms with Gasteiger partial charge in [-0.1, -0.05) is 5.21 Å². The van der Waals surface area contributed by atoms with E-state index in [1.807, 2.05) is 30.7 Å². The van der Waals surface area contributed by atoms with Crippen molar-refractivity contribution in [3.8, 4) is 0 Å². The van der Waals surface area contributed by atoms with Gasteiger partial charge < -0.3 is 9.47 Å². The molecule has 8 heteroatoms. The maximum Gasteiger partial charge on any atom is 0.254 e. The zero-order valence-corrected chi connectivity index (χ0v) is 13.1. The molecule has 1 aliphatic rings. The molecule has 3 aromatic rings. The van der Waals surface area contributed by atoms with Crippen molar-refractivity contribution < 1.29 is 4.79 Å². The van der Waals surface area contributed by atoms with Crippen molar-refractivity contribution in [1.82, 2.24) is 34.7 Å². The quantitative estimate of drug-likeness (QED) is 0.705. The van der Waals surface area contributed by atoms with Crippen molar-refractivity contribution in [2.45, 2.75) is 33.5 Å². The minimum absolute atomic E-state index is 0.00940. The molecule has 118 valence electrons. The molecule has 0 atom stereocenters. The van der Waals surface area contributed by atoms with Gasteiger partial charge in [-0.25, -0.2) is 4.68 Å². The van der Waals surface area contributed by atoms with Crippen LogP contribution in [-0.4, -0.2) is 47.1 Å². The maximum atomic E-state index is 12.7. The maximum absolute atomic E-state index is 12.7. The van der Waals surface area contributed by atoms with Crippen molar-refractivity contribution in [3.63, 3.8) is 0 Å². The van der Waals surface area contributed by atoms with E-state index in [-0.39, 0.29) is 5.91 Å². The molecule has 0 radical (unpaired) electrons. The second-order valence-electron chi connectivity index (χ2n) is 5.65. The SMILES string of the molecule is CCn1nnc2cc(C(=O)N3CCn4c(C)nnc4C3)ccc21. The minimum atomic E-state index is -0.00940. The molecule has 2 aromatic heterocycles. The third-order valence-corrected chi connectivity index (χ3v) is 4.29. The number of benzene rings is 1. The predicted molar refractivity (Wildman–Crippen MR) is 82.7 cm³/mol. The summed E-state index contributed by atoms with van der Waals surface area (Å²) in [5.41, 5.74) is 2.32. The molecule has 0 saturated carbocycles. The number of aryl methyl sites for hydroxylation is 2. The summed E-state index contributed by atoms with van der Waals surface area (Å²) in [5, 5.41) is 16.4. The highest BCUT2D eigenvalue weighted by Gasteiger charge is 2.24. The van der Waals surface area contributed by atoms with Gasteiger partial charge in [-0.2, -0.15) is 0 Å². The predicted octanol–water partition coefficient (Wildman–Crippen LogP) is 1.01. The molecule has 1 amide bonds. The lowest BCUT2D eigenvalue weighted by molar-refractivity contribution is 0.0707. The third-order valence-electron chi connectivity index (χ3n) is 4.29. The second kappa shape index (κ2) is 5.15. The van der Waals surface area contributed by atoms with E-state index < -0.39 is 0 Å². The van der Waals surface area contributed by atoms with E-state index >= 15 is 0 Å². The molecule has 0 bridgehead atoms. The highest BCUT2D eigenvalue weighted by Crippen LogP contribution is 2.18. The molecule has 0 aliphatic carbocycles. The van der Waals surface area contributed by atoms with Crippen LogP contribution in [0.4, 0.5) is 0 Å². The molecule has 1 aromatic carbocycles. The fourth-order valence-electron chi connectivity index (χ4n) is 3.00. The number of aromatic nitrogens is 6. The monoisotopic (exact) mass is 311 g/mol. The molecular formula is C15H17N7O. The zero-order valence-electron chi connectivity index (χ0n) is 13.1. The van der Waals surface area contributed by atoms with Gasteiger partial charge in [0.05, 0.1) is 12.1 Å². The van der Waals surface area contributed by atoms with Crippen molar-refractivity contribution in [3.05, 3.63) is 35.4 Å². The van der Waals surface area contributed by atoms with Crippen molar-refractivity contribution in [1.29, 1.82) is 0 Å². The molecule has 8 nitrogen and oxygen atoms in total. The van der Waals surface area contributed by atoms with Gasteiger partial charge in [0.1, 0.15) is 11.3 Å². The molecule has 3 heterocycles. The first-order chi connectivity index (χ1) is 11.2. The summed E-state index contributed by atoms with van der Waals surface area (Å²) in [6.07, 6.45) is 0. The second-order valence-corrected chi connectivity index (χ2v) is 5.65. The van der Waals surface area contributed by atoms with Crippen molar-refractivity contribution in [2.75, 3.05) is 6.54 Å². The van der Waals surface area contributed by atoms with E-state index in [1.54, 1.807) is 11.0 Å². The van der Waals surface area contributed by atoms with Crippen molar-refractivity contribution in [2.24, 2.45) is 0 Å². The highest BCUT2D eigenvalue weighted by atomic mass is 16.2. The fraction of sp³-hybridized carbons (Fsp3) is 0.400. The Morgan fingerprint density at radius 1 is 1.22 bits per heavy atom. The molecule has 23 heavy (non-hydrogen) atoms. The van der Waals surface area contributed by atoms with Gasteiger partial charge in [0.25, 0.3) is 5.91 Å². The average Bonchev–Trinajstić information content (AvgIpc) is 3.16. The fourth-order valence-corrected chi connectivity index (χ4v) is 3.00. The van der Waals surface area contributed by atoms with Crippen LogP contribution in [0.2, 0.25) is 0 Å². The topological polar surface area (TPSA) is 81.7 Å². The molecule has 0 spiro atoms. The summed E-state index contributed by atoms with van der Waals surface area (Å²) in [6.45, 7) is 6.57. The summed E-state index contributed by atoms with van der Waals surface area (Å²) in [7, 11) is 0. The van der Waals surface area contributed by atoms with Crippen LogP contribution in [0.3, 0.4) is 0 Å². The largest absolute Gasteiger partial charge is 0.329 e. The Morgan fingerprint density at radius 3 is 2.91 bits per heavy atom. The summed E-state index contributed by atoms with van der Waals surface area (Å²) in [5.74, 6) is 1.72. The summed E-state index contributed by atoms with van der Waals surface area (Å²) in [4.78, 5) is 14.6. The van der Waals surface area contributed by atoms with E-state index in [1.165, 1.54) is 0 Å². The van der Waals surface area contributed by atoms with Crippen molar-refractivity contribution >= 4 is 16.9 Å². The first-order valence-corrected chi connectivity index (χ1v) is 7.68. The van der Waals surface area contributed by atoms with Crippen LogP contribution < -0.4 is 0 Å². The number of carbonyl (C=O) groups is 1. The molecule has 4 rings (SSSR count). The van der Waals surface area contributed by atoms with E-state index in [4.69, 9.17) is 0 Å². The molecule has 0 fully saturated rings. The smallest absolute Gasteiger partial charge is 0.254 e. The first kappa shape index (κ1) is 13.9. The first-order valence-electron chi connectivity index (χ1n) is 7.68. The van der Waals surface area contributed by atoms with E-state index in [9.17, 15) is 4.79 Å². The van der Waals surface area contributed by atoms with Crippen LogP contribution in [0.1, 0.15) is 28.9 Å². The Morgan fingerprint density at radius 2 is 2.09 bits per heavy atom. The van der Waals surface area contributed by atoms with Gasteiger partial charge >= 0.3 is 0 Å². The van der Waals surface area contributed by atoms with Gasteiger partial charge in [-0.3, -0.25) is 4.79 Å². The Kier molecular flexibility index (Phi) is 3.10. The van der Waals surface area contributed by atoms with Crippen LogP contribution >= 0.6 is 0 Å². The Bertz CT molecular complexity index is 895. The van der Waals surface area contributed by atoms with Crippen LogP contribution in [-0.2, 0) is 19.6 Å². The molecular weight excluding hydrogens is 294 g/mol. The lowest BCUT2D eigenvalue weighted by atomic mass is 10.1. The zero-order chi connectivity index (χ0) is 16.0. The minimum Gasteiger partial charge on any atom is -0.329 e. The Balaban J connectivity index is 1.62. The number of hydrogen-bond acceptors (Lipinski definition) is 5. The Hall–Kier alpha value is -2.77. The van der Waals surface area contributed by atoms with Crippen LogP contribution in [0.15, 0.2) is 18.2 Å². The summed E-state index contributed by atoms with van der Waals surface area (Å²) < 4.78 is 3.87. The van der Waals surface area contributed by atoms with Crippen LogP contribution in [0, 0.1) is 6.92 Å². The van der Waals surface area contributed by atoms with Gasteiger partial charge in [0, 0.05) is 25.2 Å². The normalized spacial score (nSPS) is 14.3. The molecule has 0 N–H and O–H groups in total. The number of nitrogens with zero attached hydrogens (tertiary/aromatic N) is 7. The number of rotatable bonds is 2. The van der Waals surface area contributed by atoms with E-state index in [0.29, 0.717) is 18.7 Å². The average molecular weight is 311 g/mol. The van der Waals surface area contributed by atoms with Crippen LogP contribution in [0.25, 0.3) is 11.0 Å². The third kappa shape index (κ3) is 2.18. The molecule has 0 unspecified atom stereocenters. The lowest BCUT2D eigenvalue weighted by Gasteiger charge is -2.27. The number of amides is 1. The number of carbonyl (C=O) groups excluding carboxylic acids is 1. The van der Waals surface area contributed by atoms with Gasteiger partial charge in [-0.15, -0.1) is 15.3 Å². The number of hydrogen-bond donors (Lipinski definition) is 0. The van der Waals surface area contributed by atoms with E-state index in [2.05, 4.69) is 25.1 Å². The Labute approximate surface area is 132 Å². The van der Waals surface area contributed by atoms with E-state index in [0.717, 1.165) is 35.8 Å². The molecule has 0 saturated heterocycles. The molecule has 1 aliphatic heterocycles. The van der Waals surface area contributed by atoms with Gasteiger partial charge in [0.2, 0.25) is 0 Å².